The molecule has 0 heterocycles. The lowest BCUT2D eigenvalue weighted by Crippen LogP contribution is -2.02. The van der Waals surface area contributed by atoms with Gasteiger partial charge in [0, 0.05) is 65.7 Å². The highest BCUT2D eigenvalue weighted by Crippen LogP contribution is 2.48. The molecule has 0 unspecified atom stereocenters. The number of benzene rings is 10. The summed E-state index contributed by atoms with van der Waals surface area (Å²) in [5.74, 6) is -0.320. The largest absolute Gasteiger partial charge is 0.457 e. The van der Waals surface area contributed by atoms with Gasteiger partial charge in [-0.05, 0) is 191 Å². The lowest BCUT2D eigenvalue weighted by atomic mass is 9.89. The van der Waals surface area contributed by atoms with Gasteiger partial charge in [-0.25, -0.2) is 8.78 Å². The Balaban J connectivity index is 1.12. The van der Waals surface area contributed by atoms with Crippen LogP contribution in [0.25, 0.3) is 32.7 Å². The van der Waals surface area contributed by atoms with Crippen molar-refractivity contribution in [1.82, 2.24) is 0 Å². The van der Waals surface area contributed by atoms with E-state index in [4.69, 9.17) is 32.7 Å². The summed E-state index contributed by atoms with van der Waals surface area (Å²) >= 11 is 12.3. The molecule has 10 rings (SSSR count). The zero-order valence-electron chi connectivity index (χ0n) is 36.6. The van der Waals surface area contributed by atoms with Gasteiger partial charge >= 0.3 is 0 Å². The fourth-order valence-corrected chi connectivity index (χ4v) is 8.51. The molecule has 70 heavy (non-hydrogen) atoms. The molecule has 0 fully saturated rings. The van der Waals surface area contributed by atoms with Crippen molar-refractivity contribution in [3.8, 4) is 34.1 Å². The van der Waals surface area contributed by atoms with Crippen LogP contribution in [0.15, 0.2) is 206 Å². The molecule has 10 aromatic carbocycles. The number of hydrogen-bond donors (Lipinski definition) is 0. The summed E-state index contributed by atoms with van der Waals surface area (Å²) < 4.78 is 40.8. The minimum Gasteiger partial charge on any atom is -0.457 e. The van der Waals surface area contributed by atoms with E-state index in [1.54, 1.807) is 133 Å². The number of carbonyl (C=O) groups excluding carboxylic acids is 4. The minimum atomic E-state index is -0.449. The number of hydrogen-bond acceptors (Lipinski definition) is 6. The van der Waals surface area contributed by atoms with Gasteiger partial charge < -0.3 is 9.47 Å². The summed E-state index contributed by atoms with van der Waals surface area (Å²) in [6, 6.07) is 55.3. The van der Waals surface area contributed by atoms with Crippen molar-refractivity contribution in [2.45, 2.75) is 0 Å². The average molecular weight is 960 g/mol. The van der Waals surface area contributed by atoms with Crippen LogP contribution < -0.4 is 9.47 Å². The van der Waals surface area contributed by atoms with E-state index in [0.717, 1.165) is 0 Å². The Morgan fingerprint density at radius 3 is 0.914 bits per heavy atom. The van der Waals surface area contributed by atoms with E-state index in [9.17, 15) is 28.0 Å². The molecule has 0 atom stereocenters. The highest BCUT2D eigenvalue weighted by molar-refractivity contribution is 6.31. The maximum Gasteiger partial charge on any atom is 0.193 e. The van der Waals surface area contributed by atoms with Gasteiger partial charge in [-0.2, -0.15) is 0 Å². The number of ketones is 4. The number of rotatable bonds is 13. The molecule has 338 valence electrons. The van der Waals surface area contributed by atoms with Crippen molar-refractivity contribution >= 4 is 67.9 Å². The van der Waals surface area contributed by atoms with Crippen molar-refractivity contribution < 1.29 is 37.4 Å². The normalized spacial score (nSPS) is 11.1. The predicted octanol–water partition coefficient (Wildman–Crippen LogP) is 15.8. The molecule has 10 heteroatoms. The summed E-state index contributed by atoms with van der Waals surface area (Å²) in [5, 5.41) is 3.78. The lowest BCUT2D eigenvalue weighted by Gasteiger charge is -2.20. The van der Waals surface area contributed by atoms with Crippen molar-refractivity contribution in [1.29, 1.82) is 0 Å². The molecule has 0 spiro atoms. The molecule has 0 saturated heterocycles. The molecule has 10 aromatic rings. The van der Waals surface area contributed by atoms with Crippen LogP contribution in [-0.2, 0) is 0 Å². The number of carbonyl (C=O) groups is 4. The highest BCUT2D eigenvalue weighted by atomic mass is 35.5. The van der Waals surface area contributed by atoms with Crippen LogP contribution >= 0.6 is 23.2 Å². The van der Waals surface area contributed by atoms with E-state index in [1.807, 2.05) is 24.3 Å². The SMILES string of the molecule is O=C(c1ccc(F)cc1)c1ccc(Oc2ccc3cc(C(=O)c4ccc(Cl)cc4)ccc3c2-c2c(Oc3ccc(C(=O)c4ccc(F)cc4)cc3)ccc3cc(C(=O)c4ccc(Cl)cc4)ccc23)cc1. The van der Waals surface area contributed by atoms with Crippen LogP contribution in [0.3, 0.4) is 0 Å². The van der Waals surface area contributed by atoms with Gasteiger partial charge in [-0.15, -0.1) is 0 Å². The third-order valence-corrected chi connectivity index (χ3v) is 12.4. The number of halogens is 4. The van der Waals surface area contributed by atoms with Crippen LogP contribution in [0.4, 0.5) is 8.78 Å². The van der Waals surface area contributed by atoms with E-state index < -0.39 is 11.6 Å². The standard InChI is InChI=1S/C60H34Cl2F2O6/c61-45-17-1-35(2-18-45)59(67)43-13-29-51-41(33-43)15-31-53(69-49-25-9-39(10-26-49)57(65)37-5-21-47(63)22-6-37)55(51)56-52-30-14-44(60(68)36-3-19-46(62)20-4-36)34-42(52)16-32-54(56)70-50-27-11-40(12-28-50)58(66)38-7-23-48(64)24-8-38/h1-34H. The third-order valence-electron chi connectivity index (χ3n) is 11.9. The van der Waals surface area contributed by atoms with E-state index in [0.29, 0.717) is 110 Å². The third kappa shape index (κ3) is 9.34. The number of ether oxygens (including phenoxy) is 2. The van der Waals surface area contributed by atoms with E-state index >= 15 is 0 Å². The fraction of sp³-hybridized carbons (Fsp3) is 0. The Bertz CT molecular complexity index is 3420. The summed E-state index contributed by atoms with van der Waals surface area (Å²) in [7, 11) is 0. The molecule has 0 aromatic heterocycles. The summed E-state index contributed by atoms with van der Waals surface area (Å²) in [5.41, 5.74) is 4.35. The molecule has 0 aliphatic carbocycles. The van der Waals surface area contributed by atoms with Gasteiger partial charge in [0.15, 0.2) is 23.1 Å². The van der Waals surface area contributed by atoms with Gasteiger partial charge in [0.1, 0.15) is 34.6 Å². The summed E-state index contributed by atoms with van der Waals surface area (Å²) in [6.07, 6.45) is 0. The van der Waals surface area contributed by atoms with Gasteiger partial charge in [0.25, 0.3) is 0 Å². The first-order chi connectivity index (χ1) is 33.9. The van der Waals surface area contributed by atoms with Gasteiger partial charge in [-0.3, -0.25) is 19.2 Å². The van der Waals surface area contributed by atoms with Crippen LogP contribution in [0.2, 0.25) is 10.0 Å². The molecule has 0 radical (unpaired) electrons. The molecule has 0 N–H and O–H groups in total. The maximum absolute atomic E-state index is 13.8. The van der Waals surface area contributed by atoms with Gasteiger partial charge in [-0.1, -0.05) is 59.6 Å². The molecule has 0 amide bonds. The quantitative estimate of drug-likeness (QED) is 0.107. The molecule has 0 aliphatic heterocycles. The second kappa shape index (κ2) is 19.2. The zero-order chi connectivity index (χ0) is 48.5. The zero-order valence-corrected chi connectivity index (χ0v) is 38.1. The van der Waals surface area contributed by atoms with Gasteiger partial charge in [0.05, 0.1) is 0 Å². The monoisotopic (exact) mass is 958 g/mol. The summed E-state index contributed by atoms with van der Waals surface area (Å²) in [6.45, 7) is 0. The Morgan fingerprint density at radius 1 is 0.314 bits per heavy atom. The highest BCUT2D eigenvalue weighted by Gasteiger charge is 2.23. The van der Waals surface area contributed by atoms with Crippen LogP contribution in [0, 0.1) is 11.6 Å². The fourth-order valence-electron chi connectivity index (χ4n) is 8.26. The van der Waals surface area contributed by atoms with Crippen molar-refractivity contribution in [2.75, 3.05) is 0 Å². The molecular formula is C60H34Cl2F2O6. The predicted molar refractivity (Wildman–Crippen MR) is 269 cm³/mol. The first-order valence-electron chi connectivity index (χ1n) is 21.9. The van der Waals surface area contributed by atoms with Gasteiger partial charge in [0.2, 0.25) is 0 Å². The van der Waals surface area contributed by atoms with Crippen LogP contribution in [-0.4, -0.2) is 23.1 Å². The molecular weight excluding hydrogens is 926 g/mol. The first kappa shape index (κ1) is 45.2. The Labute approximate surface area is 409 Å². The average Bonchev–Trinajstić information content (AvgIpc) is 3.39. The summed E-state index contributed by atoms with van der Waals surface area (Å²) in [4.78, 5) is 54.4. The maximum atomic E-state index is 13.8. The topological polar surface area (TPSA) is 86.7 Å². The second-order valence-corrected chi connectivity index (χ2v) is 17.2. The van der Waals surface area contributed by atoms with Crippen molar-refractivity contribution in [2.24, 2.45) is 0 Å². The number of fused-ring (bicyclic) bond motifs is 2. The van der Waals surface area contributed by atoms with E-state index in [2.05, 4.69) is 0 Å². The first-order valence-corrected chi connectivity index (χ1v) is 22.6. The van der Waals surface area contributed by atoms with E-state index in [1.165, 1.54) is 48.5 Å². The Kier molecular flexibility index (Phi) is 12.4. The Hall–Kier alpha value is -8.56. The molecule has 0 bridgehead atoms. The Morgan fingerprint density at radius 2 is 0.586 bits per heavy atom. The molecule has 0 saturated carbocycles. The van der Waals surface area contributed by atoms with Crippen LogP contribution in [0.1, 0.15) is 63.7 Å². The second-order valence-electron chi connectivity index (χ2n) is 16.3. The van der Waals surface area contributed by atoms with Crippen molar-refractivity contribution in [3.05, 3.63) is 272 Å². The molecule has 6 nitrogen and oxygen atoms in total. The lowest BCUT2D eigenvalue weighted by molar-refractivity contribution is 0.103. The van der Waals surface area contributed by atoms with Crippen LogP contribution in [0.5, 0.6) is 23.0 Å². The van der Waals surface area contributed by atoms with Crippen molar-refractivity contribution in [3.63, 3.8) is 0 Å². The molecule has 0 aliphatic rings. The van der Waals surface area contributed by atoms with E-state index in [-0.39, 0.29) is 23.1 Å². The smallest absolute Gasteiger partial charge is 0.193 e. The minimum absolute atomic E-state index is 0.204.